The molecule has 2 nitrogen and oxygen atoms in total. The molecule has 0 aromatic rings. The first-order chi connectivity index (χ1) is 7.86. The van der Waals surface area contributed by atoms with Gasteiger partial charge in [-0.15, -0.1) is 0 Å². The molecule has 94 valence electrons. The summed E-state index contributed by atoms with van der Waals surface area (Å²) < 4.78 is 5.57. The molecule has 2 unspecified atom stereocenters. The smallest absolute Gasteiger partial charge is 0.0666 e. The van der Waals surface area contributed by atoms with Crippen LogP contribution in [0.4, 0.5) is 0 Å². The van der Waals surface area contributed by atoms with Crippen LogP contribution >= 0.6 is 11.8 Å². The second-order valence-electron chi connectivity index (χ2n) is 5.06. The van der Waals surface area contributed by atoms with Crippen LogP contribution in [0.2, 0.25) is 0 Å². The van der Waals surface area contributed by atoms with Gasteiger partial charge in [-0.25, -0.2) is 0 Å². The molecule has 0 amide bonds. The normalized spacial score (nSPS) is 32.1. The third-order valence-electron chi connectivity index (χ3n) is 3.78. The predicted octanol–water partition coefficient (Wildman–Crippen LogP) is 2.82. The minimum Gasteiger partial charge on any atom is -0.377 e. The summed E-state index contributed by atoms with van der Waals surface area (Å²) in [5.74, 6) is 1.24. The molecule has 2 atom stereocenters. The quantitative estimate of drug-likeness (QED) is 0.750. The fraction of sp³-hybridized carbons (Fsp3) is 1.00. The third kappa shape index (κ3) is 3.94. The molecule has 0 spiro atoms. The van der Waals surface area contributed by atoms with E-state index in [1.807, 2.05) is 0 Å². The van der Waals surface area contributed by atoms with Crippen molar-refractivity contribution in [1.29, 1.82) is 0 Å². The van der Waals surface area contributed by atoms with Crippen LogP contribution < -0.4 is 5.32 Å². The van der Waals surface area contributed by atoms with E-state index < -0.39 is 0 Å². The van der Waals surface area contributed by atoms with Crippen molar-refractivity contribution < 1.29 is 4.74 Å². The Morgan fingerprint density at radius 2 is 2.00 bits per heavy atom. The van der Waals surface area contributed by atoms with Crippen molar-refractivity contribution in [2.24, 2.45) is 0 Å². The molecule has 1 saturated heterocycles. The van der Waals surface area contributed by atoms with E-state index in [2.05, 4.69) is 24.0 Å². The van der Waals surface area contributed by atoms with E-state index in [-0.39, 0.29) is 0 Å². The Labute approximate surface area is 104 Å². The molecule has 2 fully saturated rings. The molecule has 1 aliphatic carbocycles. The van der Waals surface area contributed by atoms with Crippen LogP contribution in [0.15, 0.2) is 0 Å². The summed E-state index contributed by atoms with van der Waals surface area (Å²) in [7, 11) is 0. The lowest BCUT2D eigenvalue weighted by atomic mass is 9.96. The fourth-order valence-electron chi connectivity index (χ4n) is 2.71. The zero-order valence-corrected chi connectivity index (χ0v) is 11.2. The van der Waals surface area contributed by atoms with Crippen molar-refractivity contribution in [3.63, 3.8) is 0 Å². The van der Waals surface area contributed by atoms with Gasteiger partial charge in [-0.1, -0.05) is 19.3 Å². The fourth-order valence-corrected chi connectivity index (χ4v) is 3.86. The Kier molecular flexibility index (Phi) is 5.46. The van der Waals surface area contributed by atoms with Crippen LogP contribution in [0.1, 0.15) is 45.4 Å². The molecule has 0 aromatic carbocycles. The molecule has 1 saturated carbocycles. The van der Waals surface area contributed by atoms with Gasteiger partial charge in [-0.05, 0) is 26.2 Å². The highest BCUT2D eigenvalue weighted by molar-refractivity contribution is 8.00. The third-order valence-corrected chi connectivity index (χ3v) is 5.27. The minimum absolute atomic E-state index is 0.472. The van der Waals surface area contributed by atoms with E-state index in [0.29, 0.717) is 6.10 Å². The maximum Gasteiger partial charge on any atom is 0.0666 e. The first kappa shape index (κ1) is 12.7. The molecular weight excluding hydrogens is 218 g/mol. The van der Waals surface area contributed by atoms with Gasteiger partial charge in [0, 0.05) is 30.2 Å². The molecule has 1 heterocycles. The lowest BCUT2D eigenvalue weighted by molar-refractivity contribution is 0.127. The van der Waals surface area contributed by atoms with Gasteiger partial charge in [0.2, 0.25) is 0 Å². The Balaban J connectivity index is 1.51. The van der Waals surface area contributed by atoms with E-state index in [1.54, 1.807) is 0 Å². The first-order valence-corrected chi connectivity index (χ1v) is 7.88. The maximum atomic E-state index is 5.57. The van der Waals surface area contributed by atoms with Gasteiger partial charge < -0.3 is 10.1 Å². The average Bonchev–Trinajstić information content (AvgIpc) is 2.72. The summed E-state index contributed by atoms with van der Waals surface area (Å²) in [5, 5.41) is 4.44. The van der Waals surface area contributed by atoms with Gasteiger partial charge in [0.1, 0.15) is 0 Å². The van der Waals surface area contributed by atoms with Gasteiger partial charge in [0.15, 0.2) is 0 Å². The molecule has 3 heteroatoms. The summed E-state index contributed by atoms with van der Waals surface area (Å²) in [6.07, 6.45) is 8.82. The molecule has 0 radical (unpaired) electrons. The Morgan fingerprint density at radius 3 is 2.69 bits per heavy atom. The van der Waals surface area contributed by atoms with Crippen molar-refractivity contribution in [1.82, 2.24) is 5.32 Å². The standard InChI is InChI=1S/C13H25NOS/c1-11-13(7-9-15-11)16-10-8-14-12-5-3-2-4-6-12/h11-14H,2-10H2,1H3. The Hall–Kier alpha value is 0.270. The number of nitrogens with one attached hydrogen (secondary N) is 1. The highest BCUT2D eigenvalue weighted by Gasteiger charge is 2.24. The van der Waals surface area contributed by atoms with Crippen molar-refractivity contribution in [3.8, 4) is 0 Å². The molecule has 0 bridgehead atoms. The van der Waals surface area contributed by atoms with Crippen molar-refractivity contribution in [2.45, 2.75) is 62.8 Å². The average molecular weight is 243 g/mol. The van der Waals surface area contributed by atoms with E-state index in [0.717, 1.165) is 17.9 Å². The zero-order chi connectivity index (χ0) is 11.2. The van der Waals surface area contributed by atoms with Crippen LogP contribution in [0.25, 0.3) is 0 Å². The van der Waals surface area contributed by atoms with E-state index in [1.165, 1.54) is 50.8 Å². The van der Waals surface area contributed by atoms with Crippen LogP contribution in [-0.2, 0) is 4.74 Å². The second kappa shape index (κ2) is 6.87. The summed E-state index contributed by atoms with van der Waals surface area (Å²) in [6.45, 7) is 4.35. The summed E-state index contributed by atoms with van der Waals surface area (Å²) in [4.78, 5) is 0. The van der Waals surface area contributed by atoms with Gasteiger partial charge in [-0.2, -0.15) is 11.8 Å². The zero-order valence-electron chi connectivity index (χ0n) is 10.4. The Bertz CT molecular complexity index is 194. The summed E-state index contributed by atoms with van der Waals surface area (Å²) in [6, 6.07) is 0.812. The lowest BCUT2D eigenvalue weighted by Crippen LogP contribution is -2.33. The van der Waals surface area contributed by atoms with Gasteiger partial charge >= 0.3 is 0 Å². The van der Waals surface area contributed by atoms with Crippen molar-refractivity contribution >= 4 is 11.8 Å². The van der Waals surface area contributed by atoms with Crippen LogP contribution in [0.5, 0.6) is 0 Å². The van der Waals surface area contributed by atoms with E-state index >= 15 is 0 Å². The molecule has 2 aliphatic rings. The molecule has 1 aliphatic heterocycles. The van der Waals surface area contributed by atoms with Crippen molar-refractivity contribution in [2.75, 3.05) is 18.9 Å². The van der Waals surface area contributed by atoms with Gasteiger partial charge in [-0.3, -0.25) is 0 Å². The Morgan fingerprint density at radius 1 is 1.19 bits per heavy atom. The number of ether oxygens (including phenoxy) is 1. The second-order valence-corrected chi connectivity index (χ2v) is 6.41. The molecule has 16 heavy (non-hydrogen) atoms. The highest BCUT2D eigenvalue weighted by atomic mass is 32.2. The minimum atomic E-state index is 0.472. The SMILES string of the molecule is CC1OCCC1SCCNC1CCCCC1. The molecular formula is C13H25NOS. The topological polar surface area (TPSA) is 21.3 Å². The number of hydrogen-bond acceptors (Lipinski definition) is 3. The van der Waals surface area contributed by atoms with Crippen LogP contribution in [0.3, 0.4) is 0 Å². The molecule has 2 rings (SSSR count). The first-order valence-electron chi connectivity index (χ1n) is 6.83. The highest BCUT2D eigenvalue weighted by Crippen LogP contribution is 2.25. The van der Waals surface area contributed by atoms with E-state index in [4.69, 9.17) is 4.74 Å². The van der Waals surface area contributed by atoms with Crippen molar-refractivity contribution in [3.05, 3.63) is 0 Å². The van der Waals surface area contributed by atoms with Crippen LogP contribution in [0, 0.1) is 0 Å². The summed E-state index contributed by atoms with van der Waals surface area (Å²) in [5.41, 5.74) is 0. The van der Waals surface area contributed by atoms with E-state index in [9.17, 15) is 0 Å². The predicted molar refractivity (Wildman–Crippen MR) is 71.2 cm³/mol. The van der Waals surface area contributed by atoms with Gasteiger partial charge in [0.25, 0.3) is 0 Å². The monoisotopic (exact) mass is 243 g/mol. The number of thioether (sulfide) groups is 1. The molecule has 0 aromatic heterocycles. The maximum absolute atomic E-state index is 5.57. The van der Waals surface area contributed by atoms with Crippen LogP contribution in [-0.4, -0.2) is 36.3 Å². The largest absolute Gasteiger partial charge is 0.377 e. The molecule has 1 N–H and O–H groups in total. The number of rotatable bonds is 5. The summed E-state index contributed by atoms with van der Waals surface area (Å²) >= 11 is 2.09. The lowest BCUT2D eigenvalue weighted by Gasteiger charge is -2.23. The number of hydrogen-bond donors (Lipinski definition) is 1. The van der Waals surface area contributed by atoms with Gasteiger partial charge in [0.05, 0.1) is 6.10 Å².